The molecule has 0 amide bonds. The van der Waals surface area contributed by atoms with Crippen molar-refractivity contribution >= 4 is 33.2 Å². The first-order valence-corrected chi connectivity index (χ1v) is 7.75. The van der Waals surface area contributed by atoms with Gasteiger partial charge < -0.3 is 0 Å². The first kappa shape index (κ1) is 15.8. The van der Waals surface area contributed by atoms with Crippen molar-refractivity contribution in [3.63, 3.8) is 0 Å². The molecule has 1 atom stereocenters. The third kappa shape index (κ3) is 3.85. The van der Waals surface area contributed by atoms with Crippen molar-refractivity contribution in [1.82, 2.24) is 4.72 Å². The van der Waals surface area contributed by atoms with Gasteiger partial charge in [-0.05, 0) is 30.5 Å². The average Bonchev–Trinajstić information content (AvgIpc) is 2.19. The van der Waals surface area contributed by atoms with Gasteiger partial charge in [0.25, 0.3) is 0 Å². The molecule has 0 heterocycles. The van der Waals surface area contributed by atoms with Gasteiger partial charge in [0, 0.05) is 11.1 Å². The van der Waals surface area contributed by atoms with Crippen molar-refractivity contribution in [2.75, 3.05) is 0 Å². The van der Waals surface area contributed by atoms with E-state index in [0.29, 0.717) is 5.02 Å². The molecule has 0 saturated heterocycles. The molecule has 6 heteroatoms. The fourth-order valence-electron chi connectivity index (χ4n) is 1.16. The summed E-state index contributed by atoms with van der Waals surface area (Å²) in [5.74, 6) is 0. The van der Waals surface area contributed by atoms with E-state index in [2.05, 4.69) is 4.72 Å². The molecule has 1 aromatic carbocycles. The van der Waals surface area contributed by atoms with E-state index < -0.39 is 10.0 Å². The third-order valence-electron chi connectivity index (χ3n) is 2.81. The van der Waals surface area contributed by atoms with Crippen LogP contribution in [0.1, 0.15) is 27.7 Å². The summed E-state index contributed by atoms with van der Waals surface area (Å²) in [6.45, 7) is 7.69. The maximum atomic E-state index is 12.2. The van der Waals surface area contributed by atoms with Gasteiger partial charge in [0.2, 0.25) is 10.0 Å². The van der Waals surface area contributed by atoms with Gasteiger partial charge in [-0.3, -0.25) is 0 Å². The van der Waals surface area contributed by atoms with E-state index in [0.717, 1.165) is 0 Å². The Morgan fingerprint density at radius 1 is 1.22 bits per heavy atom. The molecular formula is C12H17Cl2NO2S. The lowest BCUT2D eigenvalue weighted by Gasteiger charge is -2.28. The standard InChI is InChI=1S/C12H17Cl2NO2S/c1-8(12(2,3)4)15-18(16,17)11-7-9(13)5-6-10(11)14/h5-8,15H,1-4H3. The number of benzene rings is 1. The number of rotatable bonds is 3. The molecule has 0 aliphatic rings. The van der Waals surface area contributed by atoms with Crippen LogP contribution >= 0.6 is 23.2 Å². The molecule has 0 aromatic heterocycles. The second-order valence-electron chi connectivity index (χ2n) is 5.28. The number of sulfonamides is 1. The van der Waals surface area contributed by atoms with Crippen molar-refractivity contribution < 1.29 is 8.42 Å². The monoisotopic (exact) mass is 309 g/mol. The molecule has 102 valence electrons. The second kappa shape index (κ2) is 5.37. The Morgan fingerprint density at radius 2 is 1.78 bits per heavy atom. The summed E-state index contributed by atoms with van der Waals surface area (Å²) in [6, 6.07) is 4.15. The molecular weight excluding hydrogens is 293 g/mol. The van der Waals surface area contributed by atoms with Gasteiger partial charge in [0.1, 0.15) is 4.90 Å². The first-order chi connectivity index (χ1) is 8.04. The summed E-state index contributed by atoms with van der Waals surface area (Å²) < 4.78 is 27.0. The number of nitrogens with one attached hydrogen (secondary N) is 1. The Morgan fingerprint density at radius 3 is 2.28 bits per heavy atom. The summed E-state index contributed by atoms with van der Waals surface area (Å²) in [6.07, 6.45) is 0. The van der Waals surface area contributed by atoms with Crippen LogP contribution in [-0.4, -0.2) is 14.5 Å². The molecule has 0 aliphatic carbocycles. The topological polar surface area (TPSA) is 46.2 Å². The Bertz CT molecular complexity index is 535. The largest absolute Gasteiger partial charge is 0.242 e. The number of halogens is 2. The van der Waals surface area contributed by atoms with E-state index in [9.17, 15) is 8.42 Å². The zero-order chi connectivity index (χ0) is 14.1. The van der Waals surface area contributed by atoms with E-state index in [4.69, 9.17) is 23.2 Å². The molecule has 0 radical (unpaired) electrons. The van der Waals surface area contributed by atoms with Crippen LogP contribution in [-0.2, 0) is 10.0 Å². The van der Waals surface area contributed by atoms with Crippen molar-refractivity contribution in [2.45, 2.75) is 38.6 Å². The lowest BCUT2D eigenvalue weighted by atomic mass is 9.89. The summed E-state index contributed by atoms with van der Waals surface area (Å²) in [5, 5.41) is 0.496. The summed E-state index contributed by atoms with van der Waals surface area (Å²) >= 11 is 11.7. The van der Waals surface area contributed by atoms with Crippen molar-refractivity contribution in [3.8, 4) is 0 Å². The van der Waals surface area contributed by atoms with Crippen LogP contribution < -0.4 is 4.72 Å². The van der Waals surface area contributed by atoms with Gasteiger partial charge in [0.15, 0.2) is 0 Å². The molecule has 0 aliphatic heterocycles. The predicted molar refractivity (Wildman–Crippen MR) is 75.7 cm³/mol. The minimum Gasteiger partial charge on any atom is -0.208 e. The fourth-order valence-corrected chi connectivity index (χ4v) is 3.37. The van der Waals surface area contributed by atoms with E-state index in [1.807, 2.05) is 27.7 Å². The van der Waals surface area contributed by atoms with E-state index >= 15 is 0 Å². The maximum absolute atomic E-state index is 12.2. The van der Waals surface area contributed by atoms with Gasteiger partial charge >= 0.3 is 0 Å². The normalized spacial score (nSPS) is 14.6. The maximum Gasteiger partial charge on any atom is 0.242 e. The molecule has 1 aromatic rings. The lowest BCUT2D eigenvalue weighted by Crippen LogP contribution is -2.41. The van der Waals surface area contributed by atoms with E-state index in [-0.39, 0.29) is 21.4 Å². The van der Waals surface area contributed by atoms with Crippen molar-refractivity contribution in [3.05, 3.63) is 28.2 Å². The van der Waals surface area contributed by atoms with E-state index in [1.165, 1.54) is 12.1 Å². The quantitative estimate of drug-likeness (QED) is 0.925. The Kier molecular flexibility index (Phi) is 4.70. The third-order valence-corrected chi connectivity index (χ3v) is 5.07. The molecule has 0 spiro atoms. The highest BCUT2D eigenvalue weighted by atomic mass is 35.5. The molecule has 1 unspecified atom stereocenters. The smallest absolute Gasteiger partial charge is 0.208 e. The molecule has 1 rings (SSSR count). The Hall–Kier alpha value is -0.290. The molecule has 0 saturated carbocycles. The fraction of sp³-hybridized carbons (Fsp3) is 0.500. The van der Waals surface area contributed by atoms with Crippen LogP contribution in [0.2, 0.25) is 10.0 Å². The zero-order valence-electron chi connectivity index (χ0n) is 10.8. The first-order valence-electron chi connectivity index (χ1n) is 5.51. The molecule has 3 nitrogen and oxygen atoms in total. The van der Waals surface area contributed by atoms with Crippen molar-refractivity contribution in [1.29, 1.82) is 0 Å². The van der Waals surface area contributed by atoms with E-state index in [1.54, 1.807) is 6.07 Å². The zero-order valence-corrected chi connectivity index (χ0v) is 13.1. The SMILES string of the molecule is CC(NS(=O)(=O)c1cc(Cl)ccc1Cl)C(C)(C)C. The highest BCUT2D eigenvalue weighted by molar-refractivity contribution is 7.89. The number of hydrogen-bond donors (Lipinski definition) is 1. The molecule has 0 bridgehead atoms. The van der Waals surface area contributed by atoms with Crippen LogP contribution in [0.25, 0.3) is 0 Å². The molecule has 18 heavy (non-hydrogen) atoms. The predicted octanol–water partition coefficient (Wildman–Crippen LogP) is 3.71. The number of hydrogen-bond acceptors (Lipinski definition) is 2. The minimum absolute atomic E-state index is 0.00719. The second-order valence-corrected chi connectivity index (χ2v) is 7.81. The molecule has 1 N–H and O–H groups in total. The van der Waals surface area contributed by atoms with Crippen LogP contribution in [0.5, 0.6) is 0 Å². The summed E-state index contributed by atoms with van der Waals surface area (Å²) in [5.41, 5.74) is -0.182. The lowest BCUT2D eigenvalue weighted by molar-refractivity contribution is 0.317. The average molecular weight is 310 g/mol. The Balaban J connectivity index is 3.11. The van der Waals surface area contributed by atoms with Crippen LogP contribution in [0.15, 0.2) is 23.1 Å². The van der Waals surface area contributed by atoms with Gasteiger partial charge in [-0.25, -0.2) is 13.1 Å². The van der Waals surface area contributed by atoms with Crippen LogP contribution in [0.3, 0.4) is 0 Å². The van der Waals surface area contributed by atoms with Gasteiger partial charge in [-0.2, -0.15) is 0 Å². The highest BCUT2D eigenvalue weighted by Gasteiger charge is 2.27. The highest BCUT2D eigenvalue weighted by Crippen LogP contribution is 2.27. The summed E-state index contributed by atoms with van der Waals surface area (Å²) in [4.78, 5) is 0.00719. The van der Waals surface area contributed by atoms with Crippen LogP contribution in [0, 0.1) is 5.41 Å². The minimum atomic E-state index is -3.66. The summed E-state index contributed by atoms with van der Waals surface area (Å²) in [7, 11) is -3.66. The van der Waals surface area contributed by atoms with Gasteiger partial charge in [-0.15, -0.1) is 0 Å². The van der Waals surface area contributed by atoms with Crippen molar-refractivity contribution in [2.24, 2.45) is 5.41 Å². The molecule has 0 fully saturated rings. The van der Waals surface area contributed by atoms with Crippen LogP contribution in [0.4, 0.5) is 0 Å². The van der Waals surface area contributed by atoms with Gasteiger partial charge in [-0.1, -0.05) is 44.0 Å². The van der Waals surface area contributed by atoms with Gasteiger partial charge in [0.05, 0.1) is 5.02 Å². The Labute approximate surface area is 119 Å².